The molecule has 1 atom stereocenters. The van der Waals surface area contributed by atoms with Crippen molar-refractivity contribution in [1.82, 2.24) is 10.3 Å². The van der Waals surface area contributed by atoms with Crippen LogP contribution in [0, 0.1) is 0 Å². The van der Waals surface area contributed by atoms with Gasteiger partial charge in [0.1, 0.15) is 6.04 Å². The number of unbranched alkanes of at least 4 members (excludes halogenated alkanes) is 5. The molecule has 0 aliphatic carbocycles. The summed E-state index contributed by atoms with van der Waals surface area (Å²) in [6, 6.07) is 8.57. The van der Waals surface area contributed by atoms with E-state index in [1.807, 2.05) is 24.3 Å². The quantitative estimate of drug-likeness (QED) is 0.510. The summed E-state index contributed by atoms with van der Waals surface area (Å²) in [4.78, 5) is 29.1. The van der Waals surface area contributed by atoms with Crippen molar-refractivity contribution in [2.75, 3.05) is 7.11 Å². The monoisotopic (exact) mass is 356 g/mol. The van der Waals surface area contributed by atoms with Crippen LogP contribution in [0.15, 0.2) is 36.5 Å². The normalized spacial score (nSPS) is 11.9. The first-order chi connectivity index (χ1) is 12.7. The molecule has 1 aromatic heterocycles. The lowest BCUT2D eigenvalue weighted by atomic mass is 10.0. The van der Waals surface area contributed by atoms with Crippen molar-refractivity contribution in [1.29, 1.82) is 0 Å². The molecular formula is C21H28N2O3. The number of benzene rings is 1. The van der Waals surface area contributed by atoms with E-state index in [9.17, 15) is 9.59 Å². The summed E-state index contributed by atoms with van der Waals surface area (Å²) >= 11 is 0. The van der Waals surface area contributed by atoms with Crippen molar-refractivity contribution in [2.45, 2.75) is 57.9 Å². The molecule has 1 N–H and O–H groups in total. The van der Waals surface area contributed by atoms with Crippen LogP contribution in [0.5, 0.6) is 0 Å². The third-order valence-corrected chi connectivity index (χ3v) is 4.51. The van der Waals surface area contributed by atoms with E-state index in [1.54, 1.807) is 12.3 Å². The summed E-state index contributed by atoms with van der Waals surface area (Å²) in [5.41, 5.74) is 1.11. The molecule has 1 aromatic carbocycles. The minimum absolute atomic E-state index is 0.296. The number of nitrogens with zero attached hydrogens (tertiary/aromatic N) is 1. The number of hydrogen-bond donors (Lipinski definition) is 1. The summed E-state index contributed by atoms with van der Waals surface area (Å²) in [7, 11) is 1.35. The van der Waals surface area contributed by atoms with Gasteiger partial charge < -0.3 is 10.1 Å². The Morgan fingerprint density at radius 3 is 2.58 bits per heavy atom. The maximum absolute atomic E-state index is 12.7. The van der Waals surface area contributed by atoms with Gasteiger partial charge in [-0.2, -0.15) is 0 Å². The van der Waals surface area contributed by atoms with E-state index in [2.05, 4.69) is 17.2 Å². The van der Waals surface area contributed by atoms with Crippen LogP contribution in [0.4, 0.5) is 0 Å². The SMILES string of the molecule is CCCCCCCC[C@H](NC(=O)c1cccc2cccnc12)C(=O)OC. The smallest absolute Gasteiger partial charge is 0.328 e. The molecule has 1 amide bonds. The van der Waals surface area contributed by atoms with Crippen molar-refractivity contribution in [3.05, 3.63) is 42.1 Å². The number of hydrogen-bond acceptors (Lipinski definition) is 4. The Morgan fingerprint density at radius 1 is 1.08 bits per heavy atom. The van der Waals surface area contributed by atoms with E-state index < -0.39 is 12.0 Å². The van der Waals surface area contributed by atoms with Gasteiger partial charge in [-0.15, -0.1) is 0 Å². The first-order valence-electron chi connectivity index (χ1n) is 9.39. The summed E-state index contributed by atoms with van der Waals surface area (Å²) < 4.78 is 4.86. The van der Waals surface area contributed by atoms with Crippen molar-refractivity contribution in [3.63, 3.8) is 0 Å². The number of fused-ring (bicyclic) bond motifs is 1. The molecule has 0 fully saturated rings. The maximum atomic E-state index is 12.7. The van der Waals surface area contributed by atoms with E-state index >= 15 is 0 Å². The lowest BCUT2D eigenvalue weighted by Crippen LogP contribution is -2.41. The average molecular weight is 356 g/mol. The zero-order valence-corrected chi connectivity index (χ0v) is 15.7. The zero-order valence-electron chi connectivity index (χ0n) is 15.7. The van der Waals surface area contributed by atoms with E-state index in [0.717, 1.165) is 24.6 Å². The van der Waals surface area contributed by atoms with Gasteiger partial charge in [-0.05, 0) is 18.6 Å². The van der Waals surface area contributed by atoms with E-state index in [0.29, 0.717) is 17.5 Å². The van der Waals surface area contributed by atoms with Crippen LogP contribution in [-0.4, -0.2) is 30.0 Å². The first-order valence-corrected chi connectivity index (χ1v) is 9.39. The largest absolute Gasteiger partial charge is 0.467 e. The van der Waals surface area contributed by atoms with Gasteiger partial charge in [0.15, 0.2) is 0 Å². The van der Waals surface area contributed by atoms with Crippen molar-refractivity contribution < 1.29 is 14.3 Å². The highest BCUT2D eigenvalue weighted by Crippen LogP contribution is 2.17. The van der Waals surface area contributed by atoms with Crippen LogP contribution in [0.2, 0.25) is 0 Å². The molecule has 0 bridgehead atoms. The molecule has 5 nitrogen and oxygen atoms in total. The summed E-state index contributed by atoms with van der Waals surface area (Å²) in [5, 5.41) is 3.72. The molecule has 26 heavy (non-hydrogen) atoms. The molecule has 0 aliphatic rings. The summed E-state index contributed by atoms with van der Waals surface area (Å²) in [6.45, 7) is 2.19. The molecule has 0 radical (unpaired) electrons. The van der Waals surface area contributed by atoms with Crippen molar-refractivity contribution >= 4 is 22.8 Å². The lowest BCUT2D eigenvalue weighted by molar-refractivity contribution is -0.143. The molecule has 140 valence electrons. The number of esters is 1. The minimum atomic E-state index is -0.627. The van der Waals surface area contributed by atoms with Gasteiger partial charge in [0.25, 0.3) is 5.91 Å². The Bertz CT molecular complexity index is 725. The van der Waals surface area contributed by atoms with Crippen LogP contribution < -0.4 is 5.32 Å². The predicted octanol–water partition coefficient (Wildman–Crippen LogP) is 4.26. The number of carbonyl (C=O) groups is 2. The number of ether oxygens (including phenoxy) is 1. The molecule has 0 saturated carbocycles. The van der Waals surface area contributed by atoms with Crippen molar-refractivity contribution in [3.8, 4) is 0 Å². The molecule has 2 rings (SSSR count). The Hall–Kier alpha value is -2.43. The van der Waals surface area contributed by atoms with Gasteiger partial charge in [0, 0.05) is 11.6 Å². The topological polar surface area (TPSA) is 68.3 Å². The van der Waals surface area contributed by atoms with Gasteiger partial charge in [-0.3, -0.25) is 9.78 Å². The van der Waals surface area contributed by atoms with Crippen LogP contribution >= 0.6 is 0 Å². The van der Waals surface area contributed by atoms with Gasteiger partial charge in [-0.25, -0.2) is 4.79 Å². The van der Waals surface area contributed by atoms with E-state index in [1.165, 1.54) is 26.4 Å². The number of carbonyl (C=O) groups excluding carboxylic acids is 2. The molecule has 0 saturated heterocycles. The molecule has 0 spiro atoms. The Morgan fingerprint density at radius 2 is 1.81 bits per heavy atom. The first kappa shape index (κ1) is 19.9. The minimum Gasteiger partial charge on any atom is -0.467 e. The molecule has 5 heteroatoms. The predicted molar refractivity (Wildman–Crippen MR) is 103 cm³/mol. The zero-order chi connectivity index (χ0) is 18.8. The van der Waals surface area contributed by atoms with Gasteiger partial charge in [0.05, 0.1) is 18.2 Å². The van der Waals surface area contributed by atoms with Gasteiger partial charge >= 0.3 is 5.97 Å². The number of aromatic nitrogens is 1. The molecule has 2 aromatic rings. The van der Waals surface area contributed by atoms with Crippen LogP contribution in [0.3, 0.4) is 0 Å². The fourth-order valence-electron chi connectivity index (χ4n) is 3.04. The number of nitrogens with one attached hydrogen (secondary N) is 1. The average Bonchev–Trinajstić information content (AvgIpc) is 2.68. The third-order valence-electron chi connectivity index (χ3n) is 4.51. The Kier molecular flexibility index (Phi) is 8.06. The van der Waals surface area contributed by atoms with E-state index in [-0.39, 0.29) is 5.91 Å². The Labute approximate surface area is 155 Å². The fraction of sp³-hybridized carbons (Fsp3) is 0.476. The second-order valence-electron chi connectivity index (χ2n) is 6.49. The summed E-state index contributed by atoms with van der Waals surface area (Å²) in [6.07, 6.45) is 9.01. The van der Waals surface area contributed by atoms with Crippen molar-refractivity contribution in [2.24, 2.45) is 0 Å². The number of methoxy groups -OCH3 is 1. The highest BCUT2D eigenvalue weighted by molar-refractivity contribution is 6.06. The molecular weight excluding hydrogens is 328 g/mol. The van der Waals surface area contributed by atoms with Crippen LogP contribution in [0.1, 0.15) is 62.2 Å². The molecule has 1 heterocycles. The number of amides is 1. The molecule has 0 unspecified atom stereocenters. The molecule has 0 aliphatic heterocycles. The van der Waals surface area contributed by atoms with Crippen LogP contribution in [-0.2, 0) is 9.53 Å². The second kappa shape index (κ2) is 10.5. The van der Waals surface area contributed by atoms with Crippen LogP contribution in [0.25, 0.3) is 10.9 Å². The van der Waals surface area contributed by atoms with E-state index in [4.69, 9.17) is 4.74 Å². The van der Waals surface area contributed by atoms with Gasteiger partial charge in [0.2, 0.25) is 0 Å². The number of rotatable bonds is 10. The highest BCUT2D eigenvalue weighted by atomic mass is 16.5. The second-order valence-corrected chi connectivity index (χ2v) is 6.49. The Balaban J connectivity index is 2.00. The van der Waals surface area contributed by atoms with Gasteiger partial charge in [-0.1, -0.05) is 63.6 Å². The number of pyridine rings is 1. The lowest BCUT2D eigenvalue weighted by Gasteiger charge is -2.17. The fourth-order valence-corrected chi connectivity index (χ4v) is 3.04. The summed E-state index contributed by atoms with van der Waals surface area (Å²) in [5.74, 6) is -0.698. The third kappa shape index (κ3) is 5.55. The highest BCUT2D eigenvalue weighted by Gasteiger charge is 2.22. The maximum Gasteiger partial charge on any atom is 0.328 e. The number of para-hydroxylation sites is 1. The standard InChI is InChI=1S/C21H28N2O3/c1-3-4-5-6-7-8-14-18(21(25)26-2)23-20(24)17-13-9-11-16-12-10-15-22-19(16)17/h9-13,15,18H,3-8,14H2,1-2H3,(H,23,24)/t18-/m0/s1.